The minimum Gasteiger partial charge on any atom is -0.457 e. The van der Waals surface area contributed by atoms with E-state index in [1.165, 1.54) is 10.6 Å². The monoisotopic (exact) mass is 507 g/mol. The maximum Gasteiger partial charge on any atom is 0.274 e. The van der Waals surface area contributed by atoms with Crippen molar-refractivity contribution in [3.8, 4) is 22.6 Å². The Morgan fingerprint density at radius 1 is 1.03 bits per heavy atom. The highest BCUT2D eigenvalue weighted by Gasteiger charge is 2.21. The molecule has 2 aromatic carbocycles. The highest BCUT2D eigenvalue weighted by molar-refractivity contribution is 7.91. The number of nitrogens with zero attached hydrogens (tertiary/aromatic N) is 1. The molecular formula is C27H29N3O5S. The Bertz CT molecular complexity index is 1630. The largest absolute Gasteiger partial charge is 0.457 e. The molecule has 9 heteroatoms. The molecule has 0 spiro atoms. The topological polar surface area (TPSA) is 110 Å². The van der Waals surface area contributed by atoms with Gasteiger partial charge in [-0.15, -0.1) is 0 Å². The molecule has 0 aliphatic carbocycles. The van der Waals surface area contributed by atoms with Gasteiger partial charge < -0.3 is 19.6 Å². The van der Waals surface area contributed by atoms with Gasteiger partial charge >= 0.3 is 0 Å². The number of sulfone groups is 1. The highest BCUT2D eigenvalue weighted by Crippen LogP contribution is 2.39. The molecule has 2 N–H and O–H groups in total. The molecular weight excluding hydrogens is 478 g/mol. The highest BCUT2D eigenvalue weighted by atomic mass is 32.2. The summed E-state index contributed by atoms with van der Waals surface area (Å²) in [5, 5.41) is 3.22. The molecule has 4 aromatic rings. The fourth-order valence-corrected chi connectivity index (χ4v) is 5.12. The molecule has 0 aliphatic rings. The summed E-state index contributed by atoms with van der Waals surface area (Å²) in [6.07, 6.45) is 1.63. The van der Waals surface area contributed by atoms with Crippen LogP contribution in [0.2, 0.25) is 0 Å². The van der Waals surface area contributed by atoms with Gasteiger partial charge in [-0.2, -0.15) is 0 Å². The van der Waals surface area contributed by atoms with Gasteiger partial charge in [0.1, 0.15) is 22.7 Å². The summed E-state index contributed by atoms with van der Waals surface area (Å²) in [6, 6.07) is 12.2. The summed E-state index contributed by atoms with van der Waals surface area (Å²) >= 11 is 0. The van der Waals surface area contributed by atoms with Crippen molar-refractivity contribution in [2.24, 2.45) is 7.05 Å². The summed E-state index contributed by atoms with van der Waals surface area (Å²) in [7, 11) is -1.91. The smallest absolute Gasteiger partial charge is 0.274 e. The first-order chi connectivity index (χ1) is 17.0. The van der Waals surface area contributed by atoms with Crippen molar-refractivity contribution >= 4 is 26.6 Å². The predicted molar refractivity (Wildman–Crippen MR) is 141 cm³/mol. The second kappa shape index (κ2) is 9.66. The van der Waals surface area contributed by atoms with E-state index in [-0.39, 0.29) is 33.3 Å². The predicted octanol–water partition coefficient (Wildman–Crippen LogP) is 4.49. The number of fused-ring (bicyclic) bond motifs is 1. The molecule has 8 nitrogen and oxygen atoms in total. The maximum absolute atomic E-state index is 12.9. The zero-order chi connectivity index (χ0) is 26.2. The summed E-state index contributed by atoms with van der Waals surface area (Å²) in [4.78, 5) is 28.5. The summed E-state index contributed by atoms with van der Waals surface area (Å²) < 4.78 is 33.1. The fraction of sp³-hybridized carbons (Fsp3) is 0.259. The summed E-state index contributed by atoms with van der Waals surface area (Å²) in [6.45, 7) is 7.77. The van der Waals surface area contributed by atoms with Gasteiger partial charge in [0.15, 0.2) is 9.84 Å². The van der Waals surface area contributed by atoms with Crippen molar-refractivity contribution in [1.82, 2.24) is 14.9 Å². The van der Waals surface area contributed by atoms with E-state index in [9.17, 15) is 18.0 Å². The van der Waals surface area contributed by atoms with Gasteiger partial charge in [0.05, 0.1) is 10.6 Å². The number of carbonyl (C=O) groups is 1. The van der Waals surface area contributed by atoms with Crippen molar-refractivity contribution in [1.29, 1.82) is 0 Å². The minimum absolute atomic E-state index is 0.0576. The normalized spacial score (nSPS) is 11.6. The molecule has 0 bridgehead atoms. The van der Waals surface area contributed by atoms with Crippen LogP contribution in [0.3, 0.4) is 0 Å². The Balaban J connectivity index is 2.00. The number of amides is 1. The lowest BCUT2D eigenvalue weighted by Crippen LogP contribution is -2.23. The number of nitrogens with one attached hydrogen (secondary N) is 2. The van der Waals surface area contributed by atoms with Crippen LogP contribution in [0.25, 0.3) is 22.0 Å². The molecule has 1 amide bonds. The number of aryl methyl sites for hydroxylation is 3. The SMILES string of the molecule is CCNC(=O)c1cc2c(-c3cc(S(=O)(=O)CC)ccc3Oc3cc(C)cc(C)c3)cn(C)c(=O)c2[nH]1. The number of pyridine rings is 1. The molecule has 0 radical (unpaired) electrons. The summed E-state index contributed by atoms with van der Waals surface area (Å²) in [5.41, 5.74) is 3.29. The quantitative estimate of drug-likeness (QED) is 0.383. The maximum atomic E-state index is 12.9. The second-order valence-electron chi connectivity index (χ2n) is 8.78. The second-order valence-corrected chi connectivity index (χ2v) is 11.1. The molecule has 4 rings (SSSR count). The van der Waals surface area contributed by atoms with Crippen LogP contribution in [-0.2, 0) is 16.9 Å². The Morgan fingerprint density at radius 3 is 2.36 bits per heavy atom. The van der Waals surface area contributed by atoms with Crippen LogP contribution in [-0.4, -0.2) is 36.2 Å². The Hall–Kier alpha value is -3.85. The van der Waals surface area contributed by atoms with Gasteiger partial charge in [-0.1, -0.05) is 13.0 Å². The van der Waals surface area contributed by atoms with Crippen molar-refractivity contribution in [2.75, 3.05) is 12.3 Å². The van der Waals surface area contributed by atoms with Gasteiger partial charge in [0, 0.05) is 36.3 Å². The van der Waals surface area contributed by atoms with Crippen LogP contribution < -0.4 is 15.6 Å². The van der Waals surface area contributed by atoms with Crippen molar-refractivity contribution in [3.05, 3.63) is 75.8 Å². The van der Waals surface area contributed by atoms with Crippen LogP contribution >= 0.6 is 0 Å². The van der Waals surface area contributed by atoms with Gasteiger partial charge in [0.2, 0.25) is 0 Å². The first-order valence-electron chi connectivity index (χ1n) is 11.7. The van der Waals surface area contributed by atoms with Gasteiger partial charge in [-0.25, -0.2) is 8.42 Å². The van der Waals surface area contributed by atoms with Crippen LogP contribution in [0.5, 0.6) is 11.5 Å². The molecule has 0 atom stereocenters. The van der Waals surface area contributed by atoms with Crippen LogP contribution in [0.4, 0.5) is 0 Å². The third-order valence-corrected chi connectivity index (χ3v) is 7.68. The number of aromatic amines is 1. The van der Waals surface area contributed by atoms with E-state index in [1.54, 1.807) is 45.3 Å². The van der Waals surface area contributed by atoms with Crippen LogP contribution in [0, 0.1) is 13.8 Å². The molecule has 2 aromatic heterocycles. The molecule has 188 valence electrons. The molecule has 36 heavy (non-hydrogen) atoms. The number of hydrogen-bond donors (Lipinski definition) is 2. The number of rotatable bonds is 7. The fourth-order valence-electron chi connectivity index (χ4n) is 4.21. The van der Waals surface area contributed by atoms with E-state index in [2.05, 4.69) is 10.3 Å². The first-order valence-corrected chi connectivity index (χ1v) is 13.3. The molecule has 0 fully saturated rings. The van der Waals surface area contributed by atoms with E-state index >= 15 is 0 Å². The standard InChI is InChI=1S/C27H29N3O5S/c1-6-28-26(31)23-14-21-22(15-30(5)27(32)25(21)29-23)20-13-19(36(33,34)7-2)8-9-24(20)35-18-11-16(3)10-17(4)12-18/h8-15,29H,6-7H2,1-5H3,(H,28,31). The minimum atomic E-state index is -3.51. The molecule has 0 saturated heterocycles. The van der Waals surface area contributed by atoms with Crippen LogP contribution in [0.1, 0.15) is 35.5 Å². The number of hydrogen-bond acceptors (Lipinski definition) is 5. The Morgan fingerprint density at radius 2 is 1.72 bits per heavy atom. The van der Waals surface area contributed by atoms with E-state index < -0.39 is 9.84 Å². The van der Waals surface area contributed by atoms with Crippen LogP contribution in [0.15, 0.2) is 58.4 Å². The number of ether oxygens (including phenoxy) is 1. The lowest BCUT2D eigenvalue weighted by atomic mass is 10.0. The van der Waals surface area contributed by atoms with E-state index in [1.807, 2.05) is 32.0 Å². The molecule has 0 saturated carbocycles. The number of H-pyrrole nitrogens is 1. The average molecular weight is 508 g/mol. The number of benzene rings is 2. The van der Waals surface area contributed by atoms with Crippen molar-refractivity contribution in [2.45, 2.75) is 32.6 Å². The van der Waals surface area contributed by atoms with Crippen molar-refractivity contribution in [3.63, 3.8) is 0 Å². The van der Waals surface area contributed by atoms with Gasteiger partial charge in [-0.05, 0) is 68.3 Å². The average Bonchev–Trinajstić information content (AvgIpc) is 3.27. The van der Waals surface area contributed by atoms with Gasteiger partial charge in [-0.3, -0.25) is 9.59 Å². The summed E-state index contributed by atoms with van der Waals surface area (Å²) in [5.74, 6) is 0.641. The molecule has 0 aliphatic heterocycles. The lowest BCUT2D eigenvalue weighted by molar-refractivity contribution is 0.0951. The van der Waals surface area contributed by atoms with Gasteiger partial charge in [0.25, 0.3) is 11.5 Å². The van der Waals surface area contributed by atoms with E-state index in [0.29, 0.717) is 34.6 Å². The lowest BCUT2D eigenvalue weighted by Gasteiger charge is -2.15. The third kappa shape index (κ3) is 4.79. The first kappa shape index (κ1) is 25.2. The number of aromatic nitrogens is 2. The zero-order valence-corrected chi connectivity index (χ0v) is 21.7. The van der Waals surface area contributed by atoms with Crippen molar-refractivity contribution < 1.29 is 17.9 Å². The third-order valence-electron chi connectivity index (χ3n) is 5.95. The van der Waals surface area contributed by atoms with E-state index in [4.69, 9.17) is 4.74 Å². The Labute approximate surface area is 209 Å². The Kier molecular flexibility index (Phi) is 6.77. The molecule has 2 heterocycles. The zero-order valence-electron chi connectivity index (χ0n) is 20.9. The van der Waals surface area contributed by atoms with E-state index in [0.717, 1.165) is 11.1 Å². The molecule has 0 unspecified atom stereocenters. The number of carbonyl (C=O) groups excluding carboxylic acids is 1.